The molecule has 0 aromatic rings. The molecule has 0 amide bonds. The van der Waals surface area contributed by atoms with Crippen LogP contribution in [0.5, 0.6) is 0 Å². The lowest BCUT2D eigenvalue weighted by Gasteiger charge is -2.24. The van der Waals surface area contributed by atoms with Crippen molar-refractivity contribution in [3.63, 3.8) is 0 Å². The van der Waals surface area contributed by atoms with E-state index in [-0.39, 0.29) is 0 Å². The zero-order chi connectivity index (χ0) is 9.43. The summed E-state index contributed by atoms with van der Waals surface area (Å²) in [6, 6.07) is 0. The normalized spacial score (nSPS) is 34.1. The third kappa shape index (κ3) is 1.76. The van der Waals surface area contributed by atoms with E-state index in [9.17, 15) is 0 Å². The molecule has 0 radical (unpaired) electrons. The molecule has 3 aliphatic carbocycles. The van der Waals surface area contributed by atoms with Gasteiger partial charge in [-0.3, -0.25) is 0 Å². The molecule has 3 aliphatic rings. The van der Waals surface area contributed by atoms with Gasteiger partial charge in [0.15, 0.2) is 0 Å². The van der Waals surface area contributed by atoms with Crippen LogP contribution in [-0.2, 0) is 0 Å². The standard InChI is InChI=1S/C14H22/c1-2-5-12(4-1)10-13-6-3-7-14(11-13)8-9-14/h10,12H,1-9,11H2/b13-10-. The Labute approximate surface area is 87.8 Å². The summed E-state index contributed by atoms with van der Waals surface area (Å²) >= 11 is 0. The largest absolute Gasteiger partial charge is 0.0822 e. The average Bonchev–Trinajstić information content (AvgIpc) is 2.75. The molecule has 0 atom stereocenters. The van der Waals surface area contributed by atoms with Crippen molar-refractivity contribution in [3.05, 3.63) is 11.6 Å². The van der Waals surface area contributed by atoms with Gasteiger partial charge >= 0.3 is 0 Å². The van der Waals surface area contributed by atoms with Crippen molar-refractivity contribution in [1.29, 1.82) is 0 Å². The second kappa shape index (κ2) is 3.40. The molecule has 0 nitrogen and oxygen atoms in total. The van der Waals surface area contributed by atoms with Crippen LogP contribution in [0.3, 0.4) is 0 Å². The minimum Gasteiger partial charge on any atom is -0.0822 e. The SMILES string of the molecule is C(=C1\CCCC2(CC2)C1)/C1CCCC1. The highest BCUT2D eigenvalue weighted by molar-refractivity contribution is 5.15. The third-order valence-corrected chi connectivity index (χ3v) is 4.64. The molecule has 0 heteroatoms. The first-order valence-corrected chi connectivity index (χ1v) is 6.56. The number of hydrogen-bond acceptors (Lipinski definition) is 0. The summed E-state index contributed by atoms with van der Waals surface area (Å²) in [5.74, 6) is 0.971. The van der Waals surface area contributed by atoms with Crippen molar-refractivity contribution < 1.29 is 0 Å². The first kappa shape index (κ1) is 9.00. The predicted octanol–water partition coefficient (Wildman–Crippen LogP) is 4.46. The van der Waals surface area contributed by atoms with E-state index in [0.717, 1.165) is 11.3 Å². The summed E-state index contributed by atoms with van der Waals surface area (Å²) in [5.41, 5.74) is 2.67. The van der Waals surface area contributed by atoms with E-state index >= 15 is 0 Å². The zero-order valence-electron chi connectivity index (χ0n) is 9.23. The molecule has 78 valence electrons. The van der Waals surface area contributed by atoms with Crippen LogP contribution in [0.2, 0.25) is 0 Å². The molecule has 0 aliphatic heterocycles. The molecule has 14 heavy (non-hydrogen) atoms. The number of hydrogen-bond donors (Lipinski definition) is 0. The highest BCUT2D eigenvalue weighted by Gasteiger charge is 2.44. The van der Waals surface area contributed by atoms with E-state index in [1.807, 2.05) is 5.57 Å². The van der Waals surface area contributed by atoms with Crippen LogP contribution < -0.4 is 0 Å². The molecule has 0 aromatic heterocycles. The fourth-order valence-corrected chi connectivity index (χ4v) is 3.55. The maximum atomic E-state index is 2.67. The average molecular weight is 190 g/mol. The summed E-state index contributed by atoms with van der Waals surface area (Å²) < 4.78 is 0. The van der Waals surface area contributed by atoms with Crippen molar-refractivity contribution in [2.24, 2.45) is 11.3 Å². The topological polar surface area (TPSA) is 0 Å². The lowest BCUT2D eigenvalue weighted by Crippen LogP contribution is -2.09. The lowest BCUT2D eigenvalue weighted by atomic mass is 9.81. The van der Waals surface area contributed by atoms with Crippen molar-refractivity contribution in [2.45, 2.75) is 64.2 Å². The van der Waals surface area contributed by atoms with E-state index in [1.165, 1.54) is 64.2 Å². The van der Waals surface area contributed by atoms with Crippen LogP contribution in [0, 0.1) is 11.3 Å². The van der Waals surface area contributed by atoms with Crippen LogP contribution in [0.15, 0.2) is 11.6 Å². The maximum Gasteiger partial charge on any atom is -0.0231 e. The monoisotopic (exact) mass is 190 g/mol. The van der Waals surface area contributed by atoms with Crippen molar-refractivity contribution in [1.82, 2.24) is 0 Å². The summed E-state index contributed by atoms with van der Waals surface area (Å²) in [7, 11) is 0. The quantitative estimate of drug-likeness (QED) is 0.536. The fourth-order valence-electron chi connectivity index (χ4n) is 3.55. The Bertz CT molecular complexity index is 239. The Kier molecular flexibility index (Phi) is 2.18. The van der Waals surface area contributed by atoms with Gasteiger partial charge in [0.25, 0.3) is 0 Å². The molecule has 0 bridgehead atoms. The Morgan fingerprint density at radius 3 is 2.50 bits per heavy atom. The van der Waals surface area contributed by atoms with Crippen molar-refractivity contribution >= 4 is 0 Å². The summed E-state index contributed by atoms with van der Waals surface area (Å²) in [6.45, 7) is 0. The van der Waals surface area contributed by atoms with E-state index in [4.69, 9.17) is 0 Å². The van der Waals surface area contributed by atoms with Gasteiger partial charge < -0.3 is 0 Å². The number of rotatable bonds is 1. The van der Waals surface area contributed by atoms with Gasteiger partial charge in [-0.1, -0.05) is 24.5 Å². The Hall–Kier alpha value is -0.260. The highest BCUT2D eigenvalue weighted by atomic mass is 14.5. The summed E-state index contributed by atoms with van der Waals surface area (Å²) in [5, 5.41) is 0. The van der Waals surface area contributed by atoms with Crippen LogP contribution in [0.25, 0.3) is 0 Å². The minimum absolute atomic E-state index is 0.836. The van der Waals surface area contributed by atoms with E-state index in [1.54, 1.807) is 0 Å². The van der Waals surface area contributed by atoms with Gasteiger partial charge in [0, 0.05) is 0 Å². The molecular formula is C14H22. The number of allylic oxidation sites excluding steroid dienone is 2. The minimum atomic E-state index is 0.836. The zero-order valence-corrected chi connectivity index (χ0v) is 9.23. The molecule has 0 unspecified atom stereocenters. The van der Waals surface area contributed by atoms with Gasteiger partial charge in [-0.05, 0) is 62.7 Å². The lowest BCUT2D eigenvalue weighted by molar-refractivity contribution is 0.394. The smallest absolute Gasteiger partial charge is 0.0231 e. The predicted molar refractivity (Wildman–Crippen MR) is 60.2 cm³/mol. The molecule has 3 rings (SSSR count). The molecular weight excluding hydrogens is 168 g/mol. The van der Waals surface area contributed by atoms with Gasteiger partial charge in [-0.15, -0.1) is 0 Å². The summed E-state index contributed by atoms with van der Waals surface area (Å²) in [4.78, 5) is 0. The Balaban J connectivity index is 1.65. The second-order valence-corrected chi connectivity index (χ2v) is 5.90. The van der Waals surface area contributed by atoms with Gasteiger partial charge in [0.05, 0.1) is 0 Å². The molecule has 0 aromatic carbocycles. The van der Waals surface area contributed by atoms with Gasteiger partial charge in [-0.2, -0.15) is 0 Å². The molecule has 3 fully saturated rings. The molecule has 1 spiro atoms. The third-order valence-electron chi connectivity index (χ3n) is 4.64. The highest BCUT2D eigenvalue weighted by Crippen LogP contribution is 2.57. The van der Waals surface area contributed by atoms with Gasteiger partial charge in [0.2, 0.25) is 0 Å². The molecule has 3 saturated carbocycles. The van der Waals surface area contributed by atoms with Crippen LogP contribution in [0.1, 0.15) is 64.2 Å². The Morgan fingerprint density at radius 1 is 1.00 bits per heavy atom. The molecule has 0 N–H and O–H groups in total. The fraction of sp³-hybridized carbons (Fsp3) is 0.857. The van der Waals surface area contributed by atoms with E-state index in [2.05, 4.69) is 6.08 Å². The van der Waals surface area contributed by atoms with Crippen molar-refractivity contribution in [2.75, 3.05) is 0 Å². The van der Waals surface area contributed by atoms with E-state index < -0.39 is 0 Å². The van der Waals surface area contributed by atoms with Gasteiger partial charge in [0.1, 0.15) is 0 Å². The van der Waals surface area contributed by atoms with Crippen LogP contribution in [0.4, 0.5) is 0 Å². The maximum absolute atomic E-state index is 2.67. The van der Waals surface area contributed by atoms with E-state index in [0.29, 0.717) is 0 Å². The first-order valence-electron chi connectivity index (χ1n) is 6.56. The summed E-state index contributed by atoms with van der Waals surface area (Å²) in [6.07, 6.45) is 17.6. The molecule has 0 saturated heterocycles. The van der Waals surface area contributed by atoms with Crippen LogP contribution in [-0.4, -0.2) is 0 Å². The van der Waals surface area contributed by atoms with Crippen molar-refractivity contribution in [3.8, 4) is 0 Å². The van der Waals surface area contributed by atoms with Gasteiger partial charge in [-0.25, -0.2) is 0 Å². The molecule has 0 heterocycles. The Morgan fingerprint density at radius 2 is 1.79 bits per heavy atom. The van der Waals surface area contributed by atoms with Crippen LogP contribution >= 0.6 is 0 Å². The first-order chi connectivity index (χ1) is 6.86. The second-order valence-electron chi connectivity index (χ2n) is 5.90.